The molecule has 0 saturated carbocycles. The first-order valence-electron chi connectivity index (χ1n) is 3.21. The Balaban J connectivity index is 0. The van der Waals surface area contributed by atoms with Crippen molar-refractivity contribution in [2.45, 2.75) is 32.5 Å². The van der Waals surface area contributed by atoms with Crippen LogP contribution in [0.15, 0.2) is 0 Å². The van der Waals surface area contributed by atoms with E-state index in [2.05, 4.69) is 0 Å². The molecule has 0 bridgehead atoms. The summed E-state index contributed by atoms with van der Waals surface area (Å²) in [5.41, 5.74) is 4.88. The fourth-order valence-electron chi connectivity index (χ4n) is 0.577. The molecule has 70 valence electrons. The fourth-order valence-corrected chi connectivity index (χ4v) is 0.577. The van der Waals surface area contributed by atoms with Crippen LogP contribution in [0.5, 0.6) is 0 Å². The summed E-state index contributed by atoms with van der Waals surface area (Å²) in [6.07, 6.45) is -3.78. The Bertz CT molecular complexity index is 104. The van der Waals surface area contributed by atoms with Crippen molar-refractivity contribution in [2.24, 2.45) is 11.7 Å². The second kappa shape index (κ2) is 4.83. The summed E-state index contributed by atoms with van der Waals surface area (Å²) in [4.78, 5) is 0. The summed E-state index contributed by atoms with van der Waals surface area (Å²) < 4.78 is 35.3. The van der Waals surface area contributed by atoms with Crippen molar-refractivity contribution in [3.63, 3.8) is 0 Å². The van der Waals surface area contributed by atoms with Crippen LogP contribution >= 0.6 is 12.4 Å². The van der Waals surface area contributed by atoms with E-state index in [-0.39, 0.29) is 12.4 Å². The summed E-state index contributed by atoms with van der Waals surface area (Å²) in [7, 11) is 0. The molecule has 0 aromatic heterocycles. The van der Waals surface area contributed by atoms with Crippen molar-refractivity contribution in [3.05, 3.63) is 0 Å². The van der Waals surface area contributed by atoms with Crippen LogP contribution in [0.4, 0.5) is 13.2 Å². The van der Waals surface area contributed by atoms with Gasteiger partial charge in [-0.2, -0.15) is 13.2 Å². The Morgan fingerprint density at radius 1 is 1.36 bits per heavy atom. The van der Waals surface area contributed by atoms with Crippen LogP contribution in [0.25, 0.3) is 0 Å². The van der Waals surface area contributed by atoms with E-state index in [1.54, 1.807) is 6.92 Å². The molecule has 2 atom stereocenters. The predicted molar refractivity (Wildman–Crippen MR) is 40.7 cm³/mol. The van der Waals surface area contributed by atoms with Gasteiger partial charge in [0.05, 0.1) is 0 Å². The van der Waals surface area contributed by atoms with Crippen LogP contribution in [0, 0.1) is 5.92 Å². The standard InChI is InChI=1S/C6H12F3N.ClH/c1-3-4(2)5(10)6(7,8)9;/h4-5H,3,10H2,1-2H3;1H/t4?,5-;/m1./s1. The van der Waals surface area contributed by atoms with Gasteiger partial charge in [-0.15, -0.1) is 12.4 Å². The van der Waals surface area contributed by atoms with E-state index in [0.717, 1.165) is 0 Å². The van der Waals surface area contributed by atoms with Gasteiger partial charge < -0.3 is 5.73 Å². The largest absolute Gasteiger partial charge is 0.403 e. The molecule has 0 aliphatic rings. The lowest BCUT2D eigenvalue weighted by Gasteiger charge is -2.20. The average molecular weight is 192 g/mol. The highest BCUT2D eigenvalue weighted by molar-refractivity contribution is 5.85. The molecule has 5 heteroatoms. The van der Waals surface area contributed by atoms with Crippen LogP contribution in [0.3, 0.4) is 0 Å². The van der Waals surface area contributed by atoms with E-state index in [1.807, 2.05) is 0 Å². The lowest BCUT2D eigenvalue weighted by atomic mass is 10.00. The van der Waals surface area contributed by atoms with Crippen molar-refractivity contribution < 1.29 is 13.2 Å². The topological polar surface area (TPSA) is 26.0 Å². The van der Waals surface area contributed by atoms with Gasteiger partial charge in [-0.3, -0.25) is 0 Å². The van der Waals surface area contributed by atoms with E-state index >= 15 is 0 Å². The third-order valence-corrected chi connectivity index (χ3v) is 1.63. The molecule has 0 aliphatic heterocycles. The van der Waals surface area contributed by atoms with Gasteiger partial charge in [0.25, 0.3) is 0 Å². The number of hydrogen-bond acceptors (Lipinski definition) is 1. The van der Waals surface area contributed by atoms with E-state index < -0.39 is 18.1 Å². The monoisotopic (exact) mass is 191 g/mol. The second-order valence-corrected chi connectivity index (χ2v) is 2.45. The molecule has 0 aliphatic carbocycles. The van der Waals surface area contributed by atoms with Crippen molar-refractivity contribution >= 4 is 12.4 Å². The third-order valence-electron chi connectivity index (χ3n) is 1.63. The van der Waals surface area contributed by atoms with Crippen molar-refractivity contribution in [3.8, 4) is 0 Å². The highest BCUT2D eigenvalue weighted by Gasteiger charge is 2.39. The van der Waals surface area contributed by atoms with Crippen molar-refractivity contribution in [1.29, 1.82) is 0 Å². The zero-order chi connectivity index (χ0) is 8.36. The first-order chi connectivity index (χ1) is 4.39. The van der Waals surface area contributed by atoms with Gasteiger partial charge in [-0.25, -0.2) is 0 Å². The first kappa shape index (κ1) is 13.6. The van der Waals surface area contributed by atoms with E-state index in [0.29, 0.717) is 6.42 Å². The van der Waals surface area contributed by atoms with Crippen LogP contribution in [-0.2, 0) is 0 Å². The molecular weight excluding hydrogens is 179 g/mol. The van der Waals surface area contributed by atoms with Crippen LogP contribution < -0.4 is 5.73 Å². The highest BCUT2D eigenvalue weighted by atomic mass is 35.5. The zero-order valence-electron chi connectivity index (χ0n) is 6.48. The summed E-state index contributed by atoms with van der Waals surface area (Å²) in [6.45, 7) is 3.19. The molecule has 0 aromatic rings. The molecule has 0 aromatic carbocycles. The van der Waals surface area contributed by atoms with Gasteiger partial charge in [0.2, 0.25) is 0 Å². The van der Waals surface area contributed by atoms with Crippen molar-refractivity contribution in [1.82, 2.24) is 0 Å². The maximum Gasteiger partial charge on any atom is 0.403 e. The molecule has 0 spiro atoms. The fraction of sp³-hybridized carbons (Fsp3) is 1.00. The third kappa shape index (κ3) is 4.48. The Morgan fingerprint density at radius 2 is 1.73 bits per heavy atom. The lowest BCUT2D eigenvalue weighted by molar-refractivity contribution is -0.157. The molecule has 0 rings (SSSR count). The average Bonchev–Trinajstić information content (AvgIpc) is 1.83. The molecule has 1 nitrogen and oxygen atoms in total. The summed E-state index contributed by atoms with van der Waals surface area (Å²) in [6, 6.07) is -1.67. The second-order valence-electron chi connectivity index (χ2n) is 2.45. The molecule has 0 fully saturated rings. The number of alkyl halides is 3. The Morgan fingerprint density at radius 3 is 1.82 bits per heavy atom. The van der Waals surface area contributed by atoms with Gasteiger partial charge in [0.15, 0.2) is 0 Å². The van der Waals surface area contributed by atoms with E-state index in [9.17, 15) is 13.2 Å². The lowest BCUT2D eigenvalue weighted by Crippen LogP contribution is -2.42. The van der Waals surface area contributed by atoms with E-state index in [1.165, 1.54) is 6.92 Å². The van der Waals surface area contributed by atoms with Crippen LogP contribution in [0.2, 0.25) is 0 Å². The maximum absolute atomic E-state index is 11.8. The zero-order valence-corrected chi connectivity index (χ0v) is 7.30. The Kier molecular flexibility index (Phi) is 5.97. The highest BCUT2D eigenvalue weighted by Crippen LogP contribution is 2.24. The Hall–Kier alpha value is 0.0400. The van der Waals surface area contributed by atoms with E-state index in [4.69, 9.17) is 5.73 Å². The number of hydrogen-bond donors (Lipinski definition) is 1. The summed E-state index contributed by atoms with van der Waals surface area (Å²) in [5, 5.41) is 0. The quantitative estimate of drug-likeness (QED) is 0.713. The summed E-state index contributed by atoms with van der Waals surface area (Å²) in [5.74, 6) is -0.486. The SMILES string of the molecule is CCC(C)[C@@H](N)C(F)(F)F.Cl. The molecule has 1 unspecified atom stereocenters. The minimum absolute atomic E-state index is 0. The molecule has 0 saturated heterocycles. The molecule has 0 radical (unpaired) electrons. The van der Waals surface area contributed by atoms with Crippen molar-refractivity contribution in [2.75, 3.05) is 0 Å². The minimum atomic E-state index is -4.24. The first-order valence-corrected chi connectivity index (χ1v) is 3.21. The molecule has 2 N–H and O–H groups in total. The molecular formula is C6H13ClF3N. The number of halogens is 4. The summed E-state index contributed by atoms with van der Waals surface area (Å²) >= 11 is 0. The van der Waals surface area contributed by atoms with Crippen LogP contribution in [0.1, 0.15) is 20.3 Å². The van der Waals surface area contributed by atoms with Crippen LogP contribution in [-0.4, -0.2) is 12.2 Å². The maximum atomic E-state index is 11.8. The van der Waals surface area contributed by atoms with Gasteiger partial charge in [0, 0.05) is 0 Å². The molecule has 11 heavy (non-hydrogen) atoms. The minimum Gasteiger partial charge on any atom is -0.320 e. The van der Waals surface area contributed by atoms with Gasteiger partial charge in [-0.1, -0.05) is 20.3 Å². The normalized spacial score (nSPS) is 16.9. The van der Waals surface area contributed by atoms with Gasteiger partial charge in [-0.05, 0) is 5.92 Å². The number of nitrogens with two attached hydrogens (primary N) is 1. The number of rotatable bonds is 2. The van der Waals surface area contributed by atoms with Gasteiger partial charge in [0.1, 0.15) is 6.04 Å². The molecule has 0 heterocycles. The Labute approximate surface area is 70.6 Å². The smallest absolute Gasteiger partial charge is 0.320 e. The predicted octanol–water partition coefficient (Wildman–Crippen LogP) is 2.34. The molecule has 0 amide bonds. The van der Waals surface area contributed by atoms with Gasteiger partial charge >= 0.3 is 6.18 Å².